The summed E-state index contributed by atoms with van der Waals surface area (Å²) in [6.45, 7) is 1.71. The van der Waals surface area contributed by atoms with E-state index in [9.17, 15) is 13.2 Å². The molecule has 0 aliphatic heterocycles. The molecule has 3 N–H and O–H groups in total. The number of hydrogen-bond donors (Lipinski definition) is 2. The summed E-state index contributed by atoms with van der Waals surface area (Å²) >= 11 is 0. The zero-order valence-corrected chi connectivity index (χ0v) is 13.9. The van der Waals surface area contributed by atoms with Gasteiger partial charge in [-0.15, -0.1) is 0 Å². The van der Waals surface area contributed by atoms with Gasteiger partial charge in [0.05, 0.1) is 11.3 Å². The minimum atomic E-state index is -4.36. The van der Waals surface area contributed by atoms with Crippen LogP contribution in [0.5, 0.6) is 5.88 Å². The summed E-state index contributed by atoms with van der Waals surface area (Å²) in [6, 6.07) is 8.00. The van der Waals surface area contributed by atoms with Crippen LogP contribution < -0.4 is 10.5 Å². The molecule has 1 aromatic heterocycles. The van der Waals surface area contributed by atoms with E-state index < -0.39 is 11.7 Å². The van der Waals surface area contributed by atoms with Crippen molar-refractivity contribution in [2.24, 2.45) is 10.9 Å². The van der Waals surface area contributed by atoms with E-state index in [1.807, 2.05) is 0 Å². The fourth-order valence-corrected chi connectivity index (χ4v) is 1.88. The molecule has 0 aliphatic rings. The Morgan fingerprint density at radius 2 is 1.88 bits per heavy atom. The van der Waals surface area contributed by atoms with Crippen LogP contribution in [0.2, 0.25) is 0 Å². The second kappa shape index (κ2) is 8.32. The number of benzene rings is 1. The van der Waals surface area contributed by atoms with Crippen LogP contribution in [0.3, 0.4) is 0 Å². The SMILES string of the molecule is C/C(=N\OCc1ccc(C(F)(F)F)cc1)c1ccc(OCC(=N)N)nc1. The second-order valence-corrected chi connectivity index (χ2v) is 5.34. The Balaban J connectivity index is 1.90. The van der Waals surface area contributed by atoms with Gasteiger partial charge in [-0.2, -0.15) is 13.2 Å². The molecule has 1 heterocycles. The third kappa shape index (κ3) is 5.76. The topological polar surface area (TPSA) is 93.6 Å². The lowest BCUT2D eigenvalue weighted by molar-refractivity contribution is -0.137. The van der Waals surface area contributed by atoms with Gasteiger partial charge in [0.2, 0.25) is 5.88 Å². The number of nitrogens with two attached hydrogens (primary N) is 1. The average Bonchev–Trinajstić information content (AvgIpc) is 2.60. The summed E-state index contributed by atoms with van der Waals surface area (Å²) in [7, 11) is 0. The molecule has 0 aliphatic carbocycles. The van der Waals surface area contributed by atoms with Gasteiger partial charge in [0.25, 0.3) is 0 Å². The molecule has 0 saturated carbocycles. The summed E-state index contributed by atoms with van der Waals surface area (Å²) in [4.78, 5) is 9.23. The Morgan fingerprint density at radius 1 is 1.19 bits per heavy atom. The maximum atomic E-state index is 12.5. The van der Waals surface area contributed by atoms with Gasteiger partial charge in [-0.25, -0.2) is 4.98 Å². The molecule has 0 fully saturated rings. The lowest BCUT2D eigenvalue weighted by atomic mass is 10.1. The minimum absolute atomic E-state index is 0.0444. The molecule has 1 aromatic carbocycles. The Kier molecular flexibility index (Phi) is 6.16. The normalized spacial score (nSPS) is 11.9. The maximum absolute atomic E-state index is 12.5. The van der Waals surface area contributed by atoms with Crippen molar-refractivity contribution in [1.82, 2.24) is 4.98 Å². The quantitative estimate of drug-likeness (QED) is 0.446. The Morgan fingerprint density at radius 3 is 2.42 bits per heavy atom. The van der Waals surface area contributed by atoms with Crippen molar-refractivity contribution in [3.8, 4) is 5.88 Å². The molecule has 2 rings (SSSR count). The van der Waals surface area contributed by atoms with Crippen molar-refractivity contribution in [3.63, 3.8) is 0 Å². The number of nitrogens with one attached hydrogen (secondary N) is 1. The number of aromatic nitrogens is 1. The molecule has 2 aromatic rings. The Bertz CT molecular complexity index is 772. The largest absolute Gasteiger partial charge is 0.470 e. The summed E-state index contributed by atoms with van der Waals surface area (Å²) in [6.07, 6.45) is -2.84. The van der Waals surface area contributed by atoms with Crippen LogP contribution in [0.4, 0.5) is 13.2 Å². The standard InChI is InChI=1S/C17H17F3N4O2/c1-11(13-4-7-16(23-8-13)25-10-15(21)22)24-26-9-12-2-5-14(6-3-12)17(18,19)20/h2-8H,9-10H2,1H3,(H3,21,22)/b24-11+. The van der Waals surface area contributed by atoms with E-state index in [1.54, 1.807) is 19.1 Å². The van der Waals surface area contributed by atoms with E-state index in [1.165, 1.54) is 18.3 Å². The first-order valence-corrected chi connectivity index (χ1v) is 7.50. The van der Waals surface area contributed by atoms with Crippen molar-refractivity contribution in [2.45, 2.75) is 19.7 Å². The highest BCUT2D eigenvalue weighted by molar-refractivity contribution is 5.98. The second-order valence-electron chi connectivity index (χ2n) is 5.34. The number of rotatable bonds is 7. The van der Waals surface area contributed by atoms with E-state index in [-0.39, 0.29) is 19.0 Å². The van der Waals surface area contributed by atoms with Crippen molar-refractivity contribution < 1.29 is 22.7 Å². The van der Waals surface area contributed by atoms with Gasteiger partial charge in [-0.3, -0.25) is 5.41 Å². The molecule has 0 amide bonds. The fraction of sp³-hybridized carbons (Fsp3) is 0.235. The average molecular weight is 366 g/mol. The molecule has 0 saturated heterocycles. The molecule has 6 nitrogen and oxygen atoms in total. The molecule has 0 unspecified atom stereocenters. The number of hydrogen-bond acceptors (Lipinski definition) is 5. The van der Waals surface area contributed by atoms with Gasteiger partial charge in [-0.1, -0.05) is 17.3 Å². The highest BCUT2D eigenvalue weighted by Crippen LogP contribution is 2.29. The predicted molar refractivity (Wildman–Crippen MR) is 90.1 cm³/mol. The summed E-state index contributed by atoms with van der Waals surface area (Å²) < 4.78 is 42.7. The first-order chi connectivity index (χ1) is 12.3. The molecule has 0 radical (unpaired) electrons. The van der Waals surface area contributed by atoms with Crippen molar-refractivity contribution >= 4 is 11.5 Å². The molecule has 138 valence electrons. The fourth-order valence-electron chi connectivity index (χ4n) is 1.88. The number of nitrogens with zero attached hydrogens (tertiary/aromatic N) is 2. The van der Waals surface area contributed by atoms with Crippen molar-refractivity contribution in [1.29, 1.82) is 5.41 Å². The van der Waals surface area contributed by atoms with E-state index in [4.69, 9.17) is 20.7 Å². The van der Waals surface area contributed by atoms with Crippen LogP contribution in [0.15, 0.2) is 47.8 Å². The highest BCUT2D eigenvalue weighted by atomic mass is 19.4. The van der Waals surface area contributed by atoms with E-state index >= 15 is 0 Å². The molecular weight excluding hydrogens is 349 g/mol. The van der Waals surface area contributed by atoms with Crippen molar-refractivity contribution in [2.75, 3.05) is 6.61 Å². The van der Waals surface area contributed by atoms with Crippen LogP contribution in [-0.2, 0) is 17.6 Å². The van der Waals surface area contributed by atoms with Crippen molar-refractivity contribution in [3.05, 3.63) is 59.3 Å². The smallest absolute Gasteiger partial charge is 0.416 e. The van der Waals surface area contributed by atoms with E-state index in [0.29, 0.717) is 22.7 Å². The third-order valence-corrected chi connectivity index (χ3v) is 3.24. The molecular formula is C17H17F3N4O2. The number of halogens is 3. The maximum Gasteiger partial charge on any atom is 0.416 e. The lowest BCUT2D eigenvalue weighted by Gasteiger charge is -2.07. The van der Waals surface area contributed by atoms with Crippen LogP contribution in [0, 0.1) is 5.41 Å². The minimum Gasteiger partial charge on any atom is -0.470 e. The third-order valence-electron chi connectivity index (χ3n) is 3.24. The predicted octanol–water partition coefficient (Wildman–Crippen LogP) is 3.36. The van der Waals surface area contributed by atoms with Crippen LogP contribution in [0.1, 0.15) is 23.6 Å². The zero-order valence-electron chi connectivity index (χ0n) is 13.9. The summed E-state index contributed by atoms with van der Waals surface area (Å²) in [5, 5.41) is 11.0. The number of pyridine rings is 1. The van der Waals surface area contributed by atoms with Crippen LogP contribution in [-0.4, -0.2) is 23.1 Å². The lowest BCUT2D eigenvalue weighted by Crippen LogP contribution is -2.19. The first kappa shape index (κ1) is 19.2. The molecule has 0 atom stereocenters. The number of ether oxygens (including phenoxy) is 1. The molecule has 0 spiro atoms. The van der Waals surface area contributed by atoms with Crippen LogP contribution >= 0.6 is 0 Å². The molecule has 9 heteroatoms. The Hall–Kier alpha value is -3.10. The van der Waals surface area contributed by atoms with E-state index in [2.05, 4.69) is 10.1 Å². The summed E-state index contributed by atoms with van der Waals surface area (Å²) in [5.74, 6) is 0.215. The molecule has 0 bridgehead atoms. The Labute approximate surface area is 147 Å². The monoisotopic (exact) mass is 366 g/mol. The van der Waals surface area contributed by atoms with Gasteiger partial charge in [0.1, 0.15) is 19.0 Å². The number of oxime groups is 1. The highest BCUT2D eigenvalue weighted by Gasteiger charge is 2.29. The van der Waals surface area contributed by atoms with Gasteiger partial charge < -0.3 is 15.3 Å². The zero-order chi connectivity index (χ0) is 19.2. The van der Waals surface area contributed by atoms with Crippen LogP contribution in [0.25, 0.3) is 0 Å². The van der Waals surface area contributed by atoms with Gasteiger partial charge in [0.15, 0.2) is 0 Å². The van der Waals surface area contributed by atoms with Gasteiger partial charge in [0, 0.05) is 17.8 Å². The molecule has 26 heavy (non-hydrogen) atoms. The summed E-state index contributed by atoms with van der Waals surface area (Å²) in [5.41, 5.74) is 6.28. The van der Waals surface area contributed by atoms with Gasteiger partial charge in [-0.05, 0) is 30.7 Å². The van der Waals surface area contributed by atoms with Gasteiger partial charge >= 0.3 is 6.18 Å². The van der Waals surface area contributed by atoms with E-state index in [0.717, 1.165) is 12.1 Å². The number of amidine groups is 1. The first-order valence-electron chi connectivity index (χ1n) is 7.50. The number of alkyl halides is 3.